The van der Waals surface area contributed by atoms with Crippen molar-refractivity contribution in [1.29, 1.82) is 0 Å². The molecular formula is C14H19NO2S. The smallest absolute Gasteiger partial charge is 0.212 e. The van der Waals surface area contributed by atoms with Crippen LogP contribution in [-0.2, 0) is 10.0 Å². The molecule has 3 nitrogen and oxygen atoms in total. The van der Waals surface area contributed by atoms with Crippen molar-refractivity contribution in [1.82, 2.24) is 4.31 Å². The van der Waals surface area contributed by atoms with Gasteiger partial charge in [-0.25, -0.2) is 8.42 Å². The van der Waals surface area contributed by atoms with Gasteiger partial charge in [0.2, 0.25) is 10.0 Å². The molecule has 0 bridgehead atoms. The standard InChI is InChI=1S/C14H19NO2S/c16-18(17)11-14(12-7-3-1-4-8-12)15(18)13-9-5-2-6-10-13/h1,3-4,7-8,13-14H,2,5-6,9-11H2. The zero-order chi connectivity index (χ0) is 12.6. The van der Waals surface area contributed by atoms with Crippen LogP contribution >= 0.6 is 0 Å². The van der Waals surface area contributed by atoms with Crippen LogP contribution in [0.25, 0.3) is 0 Å². The Hall–Kier alpha value is -0.870. The molecule has 1 atom stereocenters. The van der Waals surface area contributed by atoms with Gasteiger partial charge in [0.15, 0.2) is 0 Å². The van der Waals surface area contributed by atoms with Crippen LogP contribution in [0.5, 0.6) is 0 Å². The molecule has 2 aliphatic rings. The minimum absolute atomic E-state index is 0.0827. The summed E-state index contributed by atoms with van der Waals surface area (Å²) in [6, 6.07) is 10.3. The first kappa shape index (κ1) is 12.2. The molecule has 1 aliphatic heterocycles. The van der Waals surface area contributed by atoms with Gasteiger partial charge in [0, 0.05) is 6.04 Å². The van der Waals surface area contributed by atoms with E-state index < -0.39 is 10.0 Å². The number of hydrogen-bond donors (Lipinski definition) is 0. The molecule has 1 aromatic carbocycles. The van der Waals surface area contributed by atoms with Crippen molar-refractivity contribution in [2.24, 2.45) is 0 Å². The summed E-state index contributed by atoms with van der Waals surface area (Å²) in [6.45, 7) is 0. The maximum Gasteiger partial charge on any atom is 0.216 e. The average molecular weight is 265 g/mol. The molecule has 4 heteroatoms. The van der Waals surface area contributed by atoms with Crippen molar-refractivity contribution in [2.75, 3.05) is 5.75 Å². The van der Waals surface area contributed by atoms with Crippen LogP contribution in [0.4, 0.5) is 0 Å². The number of hydrogen-bond acceptors (Lipinski definition) is 2. The summed E-state index contributed by atoms with van der Waals surface area (Å²) in [7, 11) is -2.99. The monoisotopic (exact) mass is 265 g/mol. The summed E-state index contributed by atoms with van der Waals surface area (Å²) in [5.41, 5.74) is 1.14. The summed E-state index contributed by atoms with van der Waals surface area (Å²) in [5, 5.41) is 0. The molecule has 1 aromatic rings. The van der Waals surface area contributed by atoms with Crippen molar-refractivity contribution >= 4 is 10.0 Å². The summed E-state index contributed by atoms with van der Waals surface area (Å²) in [6.07, 6.45) is 5.64. The first-order valence-corrected chi connectivity index (χ1v) is 8.35. The molecule has 98 valence electrons. The highest BCUT2D eigenvalue weighted by molar-refractivity contribution is 7.90. The van der Waals surface area contributed by atoms with Crippen LogP contribution in [0, 0.1) is 0 Å². The van der Waals surface area contributed by atoms with Crippen molar-refractivity contribution in [3.63, 3.8) is 0 Å². The Labute approximate surface area is 109 Å². The van der Waals surface area contributed by atoms with Crippen molar-refractivity contribution < 1.29 is 8.42 Å². The Kier molecular flexibility index (Phi) is 3.16. The molecule has 3 rings (SSSR count). The topological polar surface area (TPSA) is 37.4 Å². The van der Waals surface area contributed by atoms with Crippen molar-refractivity contribution in [3.05, 3.63) is 35.9 Å². The van der Waals surface area contributed by atoms with Gasteiger partial charge in [-0.1, -0.05) is 49.6 Å². The minimum atomic E-state index is -2.99. The summed E-state index contributed by atoms with van der Waals surface area (Å²) >= 11 is 0. The molecule has 0 spiro atoms. The highest BCUT2D eigenvalue weighted by Crippen LogP contribution is 2.40. The molecule has 1 unspecified atom stereocenters. The fourth-order valence-electron chi connectivity index (χ4n) is 3.20. The van der Waals surface area contributed by atoms with Gasteiger partial charge in [-0.3, -0.25) is 0 Å². The van der Waals surface area contributed by atoms with E-state index in [1.165, 1.54) is 6.42 Å². The van der Waals surface area contributed by atoms with Crippen LogP contribution in [0.3, 0.4) is 0 Å². The van der Waals surface area contributed by atoms with Gasteiger partial charge in [-0.05, 0) is 18.4 Å². The fourth-order valence-corrected chi connectivity index (χ4v) is 5.12. The molecule has 0 amide bonds. The largest absolute Gasteiger partial charge is 0.216 e. The van der Waals surface area contributed by atoms with Crippen LogP contribution in [0.2, 0.25) is 0 Å². The lowest BCUT2D eigenvalue weighted by Crippen LogP contribution is -2.55. The van der Waals surface area contributed by atoms with Gasteiger partial charge < -0.3 is 0 Å². The number of nitrogens with zero attached hydrogens (tertiary/aromatic N) is 1. The molecule has 1 aliphatic carbocycles. The maximum atomic E-state index is 12.0. The lowest BCUT2D eigenvalue weighted by Gasteiger charge is -2.46. The van der Waals surface area contributed by atoms with Gasteiger partial charge in [0.1, 0.15) is 0 Å². The second kappa shape index (κ2) is 4.67. The van der Waals surface area contributed by atoms with Gasteiger partial charge in [0.05, 0.1) is 11.8 Å². The van der Waals surface area contributed by atoms with Gasteiger partial charge in [0.25, 0.3) is 0 Å². The molecule has 1 saturated carbocycles. The van der Waals surface area contributed by atoms with E-state index in [1.807, 2.05) is 30.3 Å². The van der Waals surface area contributed by atoms with Crippen LogP contribution in [-0.4, -0.2) is 24.5 Å². The second-order valence-corrected chi connectivity index (χ2v) is 7.25. The lowest BCUT2D eigenvalue weighted by molar-refractivity contribution is 0.183. The maximum absolute atomic E-state index is 12.0. The molecule has 1 heterocycles. The van der Waals surface area contributed by atoms with Gasteiger partial charge in [-0.15, -0.1) is 0 Å². The van der Waals surface area contributed by atoms with Crippen LogP contribution in [0.1, 0.15) is 43.7 Å². The van der Waals surface area contributed by atoms with Crippen molar-refractivity contribution in [2.45, 2.75) is 44.2 Å². The predicted molar refractivity (Wildman–Crippen MR) is 71.7 cm³/mol. The molecule has 0 N–H and O–H groups in total. The highest BCUT2D eigenvalue weighted by Gasteiger charge is 2.47. The Morgan fingerprint density at radius 3 is 2.28 bits per heavy atom. The normalized spacial score (nSPS) is 28.8. The Bertz CT molecular complexity index is 506. The molecule has 2 fully saturated rings. The number of rotatable bonds is 2. The third-order valence-corrected chi connectivity index (χ3v) is 6.05. The van der Waals surface area contributed by atoms with E-state index in [0.29, 0.717) is 0 Å². The predicted octanol–water partition coefficient (Wildman–Crippen LogP) is 2.71. The summed E-state index contributed by atoms with van der Waals surface area (Å²) in [5.74, 6) is 0.285. The van der Waals surface area contributed by atoms with E-state index in [-0.39, 0.29) is 17.8 Å². The Morgan fingerprint density at radius 1 is 1.00 bits per heavy atom. The lowest BCUT2D eigenvalue weighted by atomic mass is 9.94. The SMILES string of the molecule is O=S1(=O)CC(c2ccccc2)N1C1CCCCC1. The van der Waals surface area contributed by atoms with Crippen LogP contribution < -0.4 is 0 Å². The first-order chi connectivity index (χ1) is 8.68. The zero-order valence-corrected chi connectivity index (χ0v) is 11.3. The average Bonchev–Trinajstić information content (AvgIpc) is 2.38. The minimum Gasteiger partial charge on any atom is -0.212 e. The molecule has 1 saturated heterocycles. The Morgan fingerprint density at radius 2 is 1.67 bits per heavy atom. The second-order valence-electron chi connectivity index (χ2n) is 5.33. The third kappa shape index (κ3) is 2.08. The van der Waals surface area contributed by atoms with Crippen molar-refractivity contribution in [3.8, 4) is 0 Å². The number of benzene rings is 1. The quantitative estimate of drug-likeness (QED) is 0.824. The van der Waals surface area contributed by atoms with E-state index in [2.05, 4.69) is 0 Å². The first-order valence-electron chi connectivity index (χ1n) is 6.75. The van der Waals surface area contributed by atoms with E-state index >= 15 is 0 Å². The third-order valence-electron chi connectivity index (χ3n) is 4.12. The van der Waals surface area contributed by atoms with E-state index in [4.69, 9.17) is 0 Å². The zero-order valence-electron chi connectivity index (χ0n) is 10.5. The molecule has 18 heavy (non-hydrogen) atoms. The van der Waals surface area contributed by atoms with Gasteiger partial charge >= 0.3 is 0 Å². The molecule has 0 aromatic heterocycles. The fraction of sp³-hybridized carbons (Fsp3) is 0.571. The van der Waals surface area contributed by atoms with E-state index in [0.717, 1.165) is 31.2 Å². The highest BCUT2D eigenvalue weighted by atomic mass is 32.2. The molecule has 0 radical (unpaired) electrons. The summed E-state index contributed by atoms with van der Waals surface area (Å²) < 4.78 is 25.8. The molecular weight excluding hydrogens is 246 g/mol. The Balaban J connectivity index is 1.84. The van der Waals surface area contributed by atoms with Gasteiger partial charge in [-0.2, -0.15) is 4.31 Å². The summed E-state index contributed by atoms with van der Waals surface area (Å²) in [4.78, 5) is 0. The van der Waals surface area contributed by atoms with Crippen LogP contribution in [0.15, 0.2) is 30.3 Å². The van der Waals surface area contributed by atoms with E-state index in [1.54, 1.807) is 4.31 Å². The van der Waals surface area contributed by atoms with E-state index in [9.17, 15) is 8.42 Å². The number of sulfonamides is 1.